The summed E-state index contributed by atoms with van der Waals surface area (Å²) < 4.78 is 5.60. The predicted molar refractivity (Wildman–Crippen MR) is 54.1 cm³/mol. The third kappa shape index (κ3) is 9.96. The first kappa shape index (κ1) is 12.0. The van der Waals surface area contributed by atoms with Gasteiger partial charge in [-0.2, -0.15) is 0 Å². The summed E-state index contributed by atoms with van der Waals surface area (Å²) in [6.45, 7) is 11.6. The Labute approximate surface area is 77.5 Å². The molecule has 1 nitrogen and oxygen atoms in total. The zero-order valence-corrected chi connectivity index (χ0v) is 9.24. The first-order valence-corrected chi connectivity index (χ1v) is 4.85. The van der Waals surface area contributed by atoms with E-state index >= 15 is 0 Å². The quantitative estimate of drug-likeness (QED) is 0.574. The topological polar surface area (TPSA) is 9.23 Å². The fourth-order valence-corrected chi connectivity index (χ4v) is 0.959. The number of unbranched alkanes of at least 4 members (excludes halogenated alkanes) is 1. The molecule has 0 unspecified atom stereocenters. The monoisotopic (exact) mass is 171 g/mol. The van der Waals surface area contributed by atoms with Crippen LogP contribution in [0.4, 0.5) is 0 Å². The van der Waals surface area contributed by atoms with E-state index in [1.165, 1.54) is 25.2 Å². The molecule has 0 saturated carbocycles. The van der Waals surface area contributed by atoms with Crippen molar-refractivity contribution in [3.63, 3.8) is 0 Å². The van der Waals surface area contributed by atoms with Crippen LogP contribution in [0.1, 0.15) is 53.9 Å². The van der Waals surface area contributed by atoms with Crippen LogP contribution in [0.2, 0.25) is 0 Å². The van der Waals surface area contributed by atoms with Gasteiger partial charge in [0, 0.05) is 6.61 Å². The van der Waals surface area contributed by atoms with Crippen LogP contribution >= 0.6 is 0 Å². The first-order chi connectivity index (χ1) is 5.42. The van der Waals surface area contributed by atoms with Crippen molar-refractivity contribution in [2.45, 2.75) is 59.5 Å². The normalized spacial score (nSPS) is 12.5. The van der Waals surface area contributed by atoms with E-state index in [0.717, 1.165) is 6.61 Å². The fourth-order valence-electron chi connectivity index (χ4n) is 0.959. The molecule has 0 aliphatic heterocycles. The summed E-state index contributed by atoms with van der Waals surface area (Å²) >= 11 is 0. The van der Waals surface area contributed by atoms with Crippen molar-refractivity contribution in [2.75, 3.05) is 6.61 Å². The van der Waals surface area contributed by atoms with Crippen molar-refractivity contribution >= 4 is 0 Å². The van der Waals surface area contributed by atoms with Crippen molar-refractivity contribution < 1.29 is 4.74 Å². The predicted octanol–water partition coefficient (Wildman–Crippen LogP) is 3.59. The summed E-state index contributed by atoms with van der Waals surface area (Å²) in [5.41, 5.74) is 0.0327. The lowest BCUT2D eigenvalue weighted by molar-refractivity contribution is -0.00460. The molecule has 0 bridgehead atoms. The van der Waals surface area contributed by atoms with E-state index in [2.05, 4.69) is 34.6 Å². The standard InChI is InChI=1S/C11H23O/c1-10(2)8-6-7-9-12-11(3,4)5/h6-9H2,1-5H3. The Morgan fingerprint density at radius 3 is 2.08 bits per heavy atom. The zero-order valence-electron chi connectivity index (χ0n) is 9.24. The molecule has 0 aromatic rings. The molecule has 0 N–H and O–H groups in total. The van der Waals surface area contributed by atoms with Gasteiger partial charge in [0.2, 0.25) is 0 Å². The smallest absolute Gasteiger partial charge is 0.0598 e. The van der Waals surface area contributed by atoms with Crippen LogP contribution in [0.15, 0.2) is 0 Å². The molecule has 1 radical (unpaired) electrons. The molecule has 0 saturated heterocycles. The van der Waals surface area contributed by atoms with E-state index in [0.29, 0.717) is 0 Å². The highest BCUT2D eigenvalue weighted by atomic mass is 16.5. The Bertz CT molecular complexity index is 100. The summed E-state index contributed by atoms with van der Waals surface area (Å²) in [6, 6.07) is 0. The van der Waals surface area contributed by atoms with Crippen LogP contribution in [0.25, 0.3) is 0 Å². The maximum absolute atomic E-state index is 5.60. The van der Waals surface area contributed by atoms with Gasteiger partial charge in [0.25, 0.3) is 0 Å². The van der Waals surface area contributed by atoms with E-state index in [9.17, 15) is 0 Å². The van der Waals surface area contributed by atoms with Gasteiger partial charge in [-0.25, -0.2) is 0 Å². The lowest BCUT2D eigenvalue weighted by Crippen LogP contribution is -2.19. The largest absolute Gasteiger partial charge is 0.376 e. The van der Waals surface area contributed by atoms with Crippen molar-refractivity contribution in [1.82, 2.24) is 0 Å². The second kappa shape index (κ2) is 5.58. The Morgan fingerprint density at radius 2 is 1.67 bits per heavy atom. The minimum atomic E-state index is 0.0327. The molecule has 0 aromatic carbocycles. The first-order valence-electron chi connectivity index (χ1n) is 4.85. The van der Waals surface area contributed by atoms with Gasteiger partial charge in [-0.1, -0.05) is 20.3 Å². The molecule has 12 heavy (non-hydrogen) atoms. The molecule has 0 atom stereocenters. The van der Waals surface area contributed by atoms with E-state index in [1.807, 2.05) is 0 Å². The molecule has 1 heteroatoms. The van der Waals surface area contributed by atoms with E-state index in [4.69, 9.17) is 4.74 Å². The molecular weight excluding hydrogens is 148 g/mol. The van der Waals surface area contributed by atoms with Crippen LogP contribution < -0.4 is 0 Å². The van der Waals surface area contributed by atoms with E-state index in [1.54, 1.807) is 0 Å². The summed E-state index contributed by atoms with van der Waals surface area (Å²) in [5, 5.41) is 0. The molecule has 73 valence electrons. The molecule has 0 heterocycles. The molecular formula is C11H23O. The summed E-state index contributed by atoms with van der Waals surface area (Å²) in [6.07, 6.45) is 3.69. The molecule has 0 spiro atoms. The minimum absolute atomic E-state index is 0.0327. The van der Waals surface area contributed by atoms with Gasteiger partial charge in [0.05, 0.1) is 5.60 Å². The van der Waals surface area contributed by atoms with Gasteiger partial charge in [-0.05, 0) is 39.5 Å². The number of hydrogen-bond acceptors (Lipinski definition) is 1. The van der Waals surface area contributed by atoms with Crippen molar-refractivity contribution in [1.29, 1.82) is 0 Å². The highest BCUT2D eigenvalue weighted by Gasteiger charge is 2.08. The Hall–Kier alpha value is -0.0400. The Kier molecular flexibility index (Phi) is 5.56. The van der Waals surface area contributed by atoms with Crippen LogP contribution in [0.3, 0.4) is 0 Å². The van der Waals surface area contributed by atoms with Crippen LogP contribution in [0.5, 0.6) is 0 Å². The van der Waals surface area contributed by atoms with Gasteiger partial charge in [-0.15, -0.1) is 0 Å². The van der Waals surface area contributed by atoms with Gasteiger partial charge in [0.15, 0.2) is 0 Å². The van der Waals surface area contributed by atoms with E-state index < -0.39 is 0 Å². The zero-order chi connectivity index (χ0) is 9.61. The second-order valence-corrected chi connectivity index (χ2v) is 4.63. The molecule has 0 aromatic heterocycles. The summed E-state index contributed by atoms with van der Waals surface area (Å²) in [5.74, 6) is 1.52. The summed E-state index contributed by atoms with van der Waals surface area (Å²) in [4.78, 5) is 0. The summed E-state index contributed by atoms with van der Waals surface area (Å²) in [7, 11) is 0. The van der Waals surface area contributed by atoms with E-state index in [-0.39, 0.29) is 5.60 Å². The second-order valence-electron chi connectivity index (χ2n) is 4.63. The van der Waals surface area contributed by atoms with Gasteiger partial charge in [-0.3, -0.25) is 0 Å². The van der Waals surface area contributed by atoms with Gasteiger partial charge >= 0.3 is 0 Å². The fraction of sp³-hybridized carbons (Fsp3) is 0.909. The van der Waals surface area contributed by atoms with Crippen molar-refractivity contribution in [2.24, 2.45) is 0 Å². The van der Waals surface area contributed by atoms with Crippen LogP contribution in [0, 0.1) is 5.92 Å². The third-order valence-electron chi connectivity index (χ3n) is 1.61. The Balaban J connectivity index is 3.12. The Morgan fingerprint density at radius 1 is 1.08 bits per heavy atom. The van der Waals surface area contributed by atoms with Crippen molar-refractivity contribution in [3.8, 4) is 0 Å². The third-order valence-corrected chi connectivity index (χ3v) is 1.61. The maximum Gasteiger partial charge on any atom is 0.0598 e. The number of rotatable bonds is 5. The molecule has 0 fully saturated rings. The van der Waals surface area contributed by atoms with Gasteiger partial charge in [0.1, 0.15) is 0 Å². The number of hydrogen-bond donors (Lipinski definition) is 0. The highest BCUT2D eigenvalue weighted by Crippen LogP contribution is 2.11. The molecule has 0 aliphatic rings. The lowest BCUT2D eigenvalue weighted by Gasteiger charge is -2.19. The SMILES string of the molecule is C[C](C)CCCCOC(C)(C)C. The van der Waals surface area contributed by atoms with Crippen LogP contribution in [-0.2, 0) is 4.74 Å². The van der Waals surface area contributed by atoms with Crippen LogP contribution in [-0.4, -0.2) is 12.2 Å². The lowest BCUT2D eigenvalue weighted by atomic mass is 10.1. The van der Waals surface area contributed by atoms with Crippen molar-refractivity contribution in [3.05, 3.63) is 5.92 Å². The average molecular weight is 171 g/mol. The maximum atomic E-state index is 5.60. The number of ether oxygens (including phenoxy) is 1. The molecule has 0 rings (SSSR count). The van der Waals surface area contributed by atoms with Gasteiger partial charge < -0.3 is 4.74 Å². The highest BCUT2D eigenvalue weighted by molar-refractivity contribution is 4.75. The minimum Gasteiger partial charge on any atom is -0.376 e. The molecule has 0 aliphatic carbocycles. The average Bonchev–Trinajstić information content (AvgIpc) is 1.83. The molecule has 0 amide bonds.